The van der Waals surface area contributed by atoms with Crippen LogP contribution in [0.1, 0.15) is 29.8 Å². The quantitative estimate of drug-likeness (QED) is 0.686. The summed E-state index contributed by atoms with van der Waals surface area (Å²) in [6.45, 7) is 5.19. The lowest BCUT2D eigenvalue weighted by Gasteiger charge is -2.15. The minimum Gasteiger partial charge on any atom is -0.392 e. The summed E-state index contributed by atoms with van der Waals surface area (Å²) in [6.07, 6.45) is -0.333. The van der Waals surface area contributed by atoms with E-state index in [2.05, 4.69) is 5.32 Å². The average Bonchev–Trinajstić information content (AvgIpc) is 2.29. The first-order valence-electron chi connectivity index (χ1n) is 5.78. The lowest BCUT2D eigenvalue weighted by Crippen LogP contribution is -2.30. The molecule has 0 aliphatic rings. The summed E-state index contributed by atoms with van der Waals surface area (Å²) in [4.78, 5) is 10.9. The van der Waals surface area contributed by atoms with Crippen LogP contribution in [0.3, 0.4) is 0 Å². The first-order valence-corrected chi connectivity index (χ1v) is 5.78. The highest BCUT2D eigenvalue weighted by Gasteiger charge is 2.07. The van der Waals surface area contributed by atoms with Crippen LogP contribution in [-0.2, 0) is 6.54 Å². The number of carbonyl (C=O) groups excluding carboxylic acids is 1. The third kappa shape index (κ3) is 4.54. The van der Waals surface area contributed by atoms with E-state index in [9.17, 15) is 9.90 Å². The highest BCUT2D eigenvalue weighted by molar-refractivity contribution is 5.92. The molecule has 1 aromatic carbocycles. The van der Waals surface area contributed by atoms with Crippen LogP contribution < -0.4 is 11.1 Å². The van der Waals surface area contributed by atoms with E-state index in [0.717, 1.165) is 5.56 Å². The lowest BCUT2D eigenvalue weighted by molar-refractivity contribution is 0.100. The summed E-state index contributed by atoms with van der Waals surface area (Å²) in [5.41, 5.74) is 6.72. The molecule has 0 aliphatic carbocycles. The van der Waals surface area contributed by atoms with E-state index < -0.39 is 5.91 Å². The standard InChI is InChI=1S/C13H20N2O2/c1-9(2)12(16)8-15-7-10-3-5-11(6-4-10)13(14)17/h3-6,9,12,15-16H,7-8H2,1-2H3,(H2,14,17). The van der Waals surface area contributed by atoms with E-state index in [0.29, 0.717) is 18.7 Å². The van der Waals surface area contributed by atoms with Crippen molar-refractivity contribution in [3.05, 3.63) is 35.4 Å². The highest BCUT2D eigenvalue weighted by atomic mass is 16.3. The maximum absolute atomic E-state index is 10.9. The predicted octanol–water partition coefficient (Wildman–Crippen LogP) is 0.892. The molecule has 1 amide bonds. The second kappa shape index (κ2) is 6.37. The Labute approximate surface area is 102 Å². The minimum atomic E-state index is -0.417. The number of amides is 1. The number of rotatable bonds is 6. The molecular formula is C13H20N2O2. The molecule has 4 heteroatoms. The normalized spacial score (nSPS) is 12.7. The number of nitrogens with two attached hydrogens (primary N) is 1. The zero-order valence-corrected chi connectivity index (χ0v) is 10.3. The number of aliphatic hydroxyl groups is 1. The molecule has 0 heterocycles. The smallest absolute Gasteiger partial charge is 0.248 e. The number of benzene rings is 1. The molecule has 0 saturated carbocycles. The van der Waals surface area contributed by atoms with Crippen LogP contribution in [0.15, 0.2) is 24.3 Å². The first-order chi connectivity index (χ1) is 8.00. The molecule has 1 aromatic rings. The van der Waals surface area contributed by atoms with Crippen LogP contribution in [0, 0.1) is 5.92 Å². The lowest BCUT2D eigenvalue weighted by atomic mass is 10.1. The van der Waals surface area contributed by atoms with E-state index >= 15 is 0 Å². The van der Waals surface area contributed by atoms with Crippen LogP contribution in [-0.4, -0.2) is 23.7 Å². The number of nitrogens with one attached hydrogen (secondary N) is 1. The molecule has 94 valence electrons. The van der Waals surface area contributed by atoms with E-state index in [-0.39, 0.29) is 12.0 Å². The molecule has 17 heavy (non-hydrogen) atoms. The molecule has 1 atom stereocenters. The Hall–Kier alpha value is -1.39. The van der Waals surface area contributed by atoms with Crippen LogP contribution in [0.5, 0.6) is 0 Å². The molecule has 0 spiro atoms. The van der Waals surface area contributed by atoms with Gasteiger partial charge in [-0.15, -0.1) is 0 Å². The van der Waals surface area contributed by atoms with E-state index in [1.165, 1.54) is 0 Å². The SMILES string of the molecule is CC(C)C(O)CNCc1ccc(C(N)=O)cc1. The summed E-state index contributed by atoms with van der Waals surface area (Å²) >= 11 is 0. The fourth-order valence-electron chi connectivity index (χ4n) is 1.39. The summed E-state index contributed by atoms with van der Waals surface area (Å²) in [5, 5.41) is 12.8. The van der Waals surface area contributed by atoms with Gasteiger partial charge < -0.3 is 16.2 Å². The molecule has 0 fully saturated rings. The Morgan fingerprint density at radius 3 is 2.41 bits per heavy atom. The number of carbonyl (C=O) groups is 1. The van der Waals surface area contributed by atoms with Gasteiger partial charge in [0.15, 0.2) is 0 Å². The van der Waals surface area contributed by atoms with Gasteiger partial charge in [0.25, 0.3) is 0 Å². The van der Waals surface area contributed by atoms with Gasteiger partial charge >= 0.3 is 0 Å². The van der Waals surface area contributed by atoms with E-state index in [1.807, 2.05) is 26.0 Å². The maximum atomic E-state index is 10.9. The van der Waals surface area contributed by atoms with Crippen molar-refractivity contribution in [1.29, 1.82) is 0 Å². The molecular weight excluding hydrogens is 216 g/mol. The topological polar surface area (TPSA) is 75.3 Å². The molecule has 0 aromatic heterocycles. The van der Waals surface area contributed by atoms with Crippen molar-refractivity contribution < 1.29 is 9.90 Å². The zero-order chi connectivity index (χ0) is 12.8. The summed E-state index contributed by atoms with van der Waals surface area (Å²) in [7, 11) is 0. The van der Waals surface area contributed by atoms with Gasteiger partial charge in [0, 0.05) is 18.7 Å². The molecule has 0 saturated heterocycles. The molecule has 0 radical (unpaired) electrons. The van der Waals surface area contributed by atoms with Gasteiger partial charge in [0.1, 0.15) is 0 Å². The molecule has 0 bridgehead atoms. The fourth-order valence-corrected chi connectivity index (χ4v) is 1.39. The van der Waals surface area contributed by atoms with E-state index in [4.69, 9.17) is 5.73 Å². The van der Waals surface area contributed by atoms with Crippen LogP contribution in [0.4, 0.5) is 0 Å². The summed E-state index contributed by atoms with van der Waals surface area (Å²) in [5.74, 6) is -0.167. The van der Waals surface area contributed by atoms with Gasteiger partial charge in [-0.2, -0.15) is 0 Å². The Morgan fingerprint density at radius 2 is 1.94 bits per heavy atom. The monoisotopic (exact) mass is 236 g/mol. The van der Waals surface area contributed by atoms with Gasteiger partial charge in [-0.25, -0.2) is 0 Å². The second-order valence-electron chi connectivity index (χ2n) is 4.50. The Kier molecular flexibility index (Phi) is 5.12. The number of aliphatic hydroxyl groups excluding tert-OH is 1. The maximum Gasteiger partial charge on any atom is 0.248 e. The van der Waals surface area contributed by atoms with Gasteiger partial charge in [-0.1, -0.05) is 26.0 Å². The van der Waals surface area contributed by atoms with Crippen molar-refractivity contribution in [2.45, 2.75) is 26.5 Å². The van der Waals surface area contributed by atoms with Crippen molar-refractivity contribution in [1.82, 2.24) is 5.32 Å². The predicted molar refractivity (Wildman–Crippen MR) is 67.5 cm³/mol. The third-order valence-corrected chi connectivity index (χ3v) is 2.69. The molecule has 0 aliphatic heterocycles. The van der Waals surface area contributed by atoms with Gasteiger partial charge in [0.05, 0.1) is 6.10 Å². The highest BCUT2D eigenvalue weighted by Crippen LogP contribution is 2.04. The molecule has 1 unspecified atom stereocenters. The molecule has 1 rings (SSSR count). The van der Waals surface area contributed by atoms with Crippen molar-refractivity contribution in [2.24, 2.45) is 11.7 Å². The Bertz CT molecular complexity index is 360. The Balaban J connectivity index is 2.40. The minimum absolute atomic E-state index is 0.250. The van der Waals surface area contributed by atoms with Crippen molar-refractivity contribution in [3.8, 4) is 0 Å². The molecule has 4 nitrogen and oxygen atoms in total. The van der Waals surface area contributed by atoms with Crippen molar-refractivity contribution in [3.63, 3.8) is 0 Å². The summed E-state index contributed by atoms with van der Waals surface area (Å²) < 4.78 is 0. The zero-order valence-electron chi connectivity index (χ0n) is 10.3. The van der Waals surface area contributed by atoms with Crippen molar-refractivity contribution in [2.75, 3.05) is 6.54 Å². The van der Waals surface area contributed by atoms with E-state index in [1.54, 1.807) is 12.1 Å². The fraction of sp³-hybridized carbons (Fsp3) is 0.462. The van der Waals surface area contributed by atoms with Crippen LogP contribution in [0.25, 0.3) is 0 Å². The third-order valence-electron chi connectivity index (χ3n) is 2.69. The van der Waals surface area contributed by atoms with Crippen LogP contribution >= 0.6 is 0 Å². The Morgan fingerprint density at radius 1 is 1.35 bits per heavy atom. The molecule has 4 N–H and O–H groups in total. The number of hydrogen-bond donors (Lipinski definition) is 3. The largest absolute Gasteiger partial charge is 0.392 e. The van der Waals surface area contributed by atoms with Gasteiger partial charge in [-0.3, -0.25) is 4.79 Å². The van der Waals surface area contributed by atoms with Crippen LogP contribution in [0.2, 0.25) is 0 Å². The average molecular weight is 236 g/mol. The van der Waals surface area contributed by atoms with Gasteiger partial charge in [-0.05, 0) is 23.6 Å². The summed E-state index contributed by atoms with van der Waals surface area (Å²) in [6, 6.07) is 7.13. The van der Waals surface area contributed by atoms with Crippen molar-refractivity contribution >= 4 is 5.91 Å². The first kappa shape index (κ1) is 13.7. The van der Waals surface area contributed by atoms with Gasteiger partial charge in [0.2, 0.25) is 5.91 Å². The second-order valence-corrected chi connectivity index (χ2v) is 4.50. The number of hydrogen-bond acceptors (Lipinski definition) is 3. The number of primary amides is 1.